The lowest BCUT2D eigenvalue weighted by molar-refractivity contribution is -0.154. The highest BCUT2D eigenvalue weighted by molar-refractivity contribution is 6.02. The number of carbonyl (C=O) groups excluding carboxylic acids is 3. The summed E-state index contributed by atoms with van der Waals surface area (Å²) in [7, 11) is 3.53. The summed E-state index contributed by atoms with van der Waals surface area (Å²) in [4.78, 5) is 34.7. The largest absolute Gasteiger partial charge is 0.468 e. The molecule has 0 heterocycles. The third kappa shape index (κ3) is 4.09. The fourth-order valence-corrected chi connectivity index (χ4v) is 1.67. The van der Waals surface area contributed by atoms with Gasteiger partial charge < -0.3 is 19.9 Å². The Morgan fingerprint density at radius 2 is 1.52 bits per heavy atom. The van der Waals surface area contributed by atoms with Crippen LogP contribution in [0.25, 0.3) is 0 Å². The molecular formula is C13H16ClNO6. The number of carbonyl (C=O) groups is 3. The lowest BCUT2D eigenvalue weighted by Gasteiger charge is -2.15. The molecule has 0 saturated heterocycles. The van der Waals surface area contributed by atoms with Crippen LogP contribution in [0.5, 0.6) is 0 Å². The molecule has 0 aromatic heterocycles. The highest BCUT2D eigenvalue weighted by Crippen LogP contribution is 2.26. The van der Waals surface area contributed by atoms with Crippen molar-refractivity contribution < 1.29 is 28.6 Å². The molecule has 0 aliphatic rings. The Bertz CT molecular complexity index is 529. The molecule has 0 spiro atoms. The van der Waals surface area contributed by atoms with E-state index in [0.717, 1.165) is 14.2 Å². The van der Waals surface area contributed by atoms with Crippen LogP contribution < -0.4 is 5.73 Å². The van der Waals surface area contributed by atoms with Gasteiger partial charge in [0.05, 0.1) is 26.9 Å². The van der Waals surface area contributed by atoms with Crippen molar-refractivity contribution >= 4 is 36.0 Å². The van der Waals surface area contributed by atoms with Crippen LogP contribution in [0.2, 0.25) is 0 Å². The molecule has 0 radical (unpaired) electrons. The van der Waals surface area contributed by atoms with Crippen molar-refractivity contribution in [3.05, 3.63) is 29.3 Å². The van der Waals surface area contributed by atoms with E-state index in [9.17, 15) is 14.4 Å². The summed E-state index contributed by atoms with van der Waals surface area (Å²) in [5.74, 6) is -3.46. The van der Waals surface area contributed by atoms with Gasteiger partial charge in [0.25, 0.3) is 0 Å². The van der Waals surface area contributed by atoms with Gasteiger partial charge >= 0.3 is 17.9 Å². The van der Waals surface area contributed by atoms with Crippen molar-refractivity contribution in [2.75, 3.05) is 27.1 Å². The van der Waals surface area contributed by atoms with E-state index < -0.39 is 23.8 Å². The number of ether oxygens (including phenoxy) is 3. The van der Waals surface area contributed by atoms with Crippen LogP contribution in [-0.2, 0) is 23.8 Å². The van der Waals surface area contributed by atoms with Gasteiger partial charge in [0.2, 0.25) is 0 Å². The zero-order chi connectivity index (χ0) is 15.3. The molecule has 1 rings (SSSR count). The van der Waals surface area contributed by atoms with Gasteiger partial charge in [-0.2, -0.15) is 0 Å². The molecule has 8 heteroatoms. The zero-order valence-electron chi connectivity index (χ0n) is 11.7. The highest BCUT2D eigenvalue weighted by atomic mass is 35.5. The van der Waals surface area contributed by atoms with Gasteiger partial charge in [-0.1, -0.05) is 6.07 Å². The van der Waals surface area contributed by atoms with Crippen LogP contribution >= 0.6 is 12.4 Å². The predicted molar refractivity (Wildman–Crippen MR) is 76.2 cm³/mol. The van der Waals surface area contributed by atoms with Crippen molar-refractivity contribution in [1.82, 2.24) is 0 Å². The van der Waals surface area contributed by atoms with Gasteiger partial charge in [-0.15, -0.1) is 12.4 Å². The van der Waals surface area contributed by atoms with E-state index in [-0.39, 0.29) is 29.2 Å². The highest BCUT2D eigenvalue weighted by Gasteiger charge is 2.32. The summed E-state index contributed by atoms with van der Waals surface area (Å²) < 4.78 is 13.7. The number of rotatable bonds is 4. The fourth-order valence-electron chi connectivity index (χ4n) is 1.67. The van der Waals surface area contributed by atoms with E-state index in [1.807, 2.05) is 0 Å². The first-order valence-electron chi connectivity index (χ1n) is 5.59. The molecule has 0 bridgehead atoms. The maximum Gasteiger partial charge on any atom is 0.337 e. The molecule has 0 unspecified atom stereocenters. The van der Waals surface area contributed by atoms with E-state index in [2.05, 4.69) is 14.2 Å². The van der Waals surface area contributed by atoms with E-state index in [0.29, 0.717) is 0 Å². The quantitative estimate of drug-likeness (QED) is 0.381. The number of methoxy groups -OCH3 is 3. The Morgan fingerprint density at radius 1 is 1.00 bits per heavy atom. The lowest BCUT2D eigenvalue weighted by Crippen LogP contribution is -2.25. The second-order valence-electron chi connectivity index (χ2n) is 3.81. The Balaban J connectivity index is 0.00000400. The average molecular weight is 318 g/mol. The lowest BCUT2D eigenvalue weighted by atomic mass is 9.96. The topological polar surface area (TPSA) is 105 Å². The number of hydrogen-bond acceptors (Lipinski definition) is 7. The van der Waals surface area contributed by atoms with Crippen molar-refractivity contribution in [3.8, 4) is 0 Å². The third-order valence-corrected chi connectivity index (χ3v) is 2.69. The Labute approximate surface area is 127 Å². The van der Waals surface area contributed by atoms with Crippen molar-refractivity contribution in [2.45, 2.75) is 5.92 Å². The average Bonchev–Trinajstić information content (AvgIpc) is 2.47. The summed E-state index contributed by atoms with van der Waals surface area (Å²) >= 11 is 0. The summed E-state index contributed by atoms with van der Waals surface area (Å²) in [6.45, 7) is 0. The van der Waals surface area contributed by atoms with Crippen LogP contribution in [0, 0.1) is 0 Å². The zero-order valence-corrected chi connectivity index (χ0v) is 12.6. The molecule has 2 N–H and O–H groups in total. The minimum atomic E-state index is -1.29. The summed E-state index contributed by atoms with van der Waals surface area (Å²) in [5.41, 5.74) is 6.28. The summed E-state index contributed by atoms with van der Waals surface area (Å²) in [6, 6.07) is 4.11. The van der Waals surface area contributed by atoms with Gasteiger partial charge in [0.1, 0.15) is 0 Å². The van der Waals surface area contributed by atoms with Crippen molar-refractivity contribution in [3.63, 3.8) is 0 Å². The minimum absolute atomic E-state index is 0. The molecule has 0 aliphatic carbocycles. The molecular weight excluding hydrogens is 302 g/mol. The summed E-state index contributed by atoms with van der Waals surface area (Å²) in [5, 5.41) is 0. The fraction of sp³-hybridized carbons (Fsp3) is 0.308. The first kappa shape index (κ1) is 18.7. The van der Waals surface area contributed by atoms with E-state index >= 15 is 0 Å². The van der Waals surface area contributed by atoms with Gasteiger partial charge in [-0.25, -0.2) is 4.79 Å². The maximum absolute atomic E-state index is 11.7. The number of hydrogen-bond donors (Lipinski definition) is 1. The van der Waals surface area contributed by atoms with Crippen LogP contribution in [0.4, 0.5) is 5.69 Å². The Hall–Kier alpha value is -2.28. The number of nitrogens with two attached hydrogens (primary N) is 1. The van der Waals surface area contributed by atoms with E-state index in [1.54, 1.807) is 0 Å². The van der Waals surface area contributed by atoms with Gasteiger partial charge in [0, 0.05) is 11.3 Å². The number of benzene rings is 1. The first-order valence-corrected chi connectivity index (χ1v) is 5.59. The minimum Gasteiger partial charge on any atom is -0.468 e. The first-order chi connectivity index (χ1) is 9.46. The molecule has 1 aromatic rings. The van der Waals surface area contributed by atoms with Gasteiger partial charge in [0.15, 0.2) is 5.92 Å². The van der Waals surface area contributed by atoms with Crippen LogP contribution in [0.3, 0.4) is 0 Å². The van der Waals surface area contributed by atoms with Crippen molar-refractivity contribution in [1.29, 1.82) is 0 Å². The number of esters is 3. The molecule has 0 saturated carbocycles. The molecule has 21 heavy (non-hydrogen) atoms. The molecule has 7 nitrogen and oxygen atoms in total. The molecule has 0 fully saturated rings. The molecule has 0 aliphatic heterocycles. The van der Waals surface area contributed by atoms with Crippen LogP contribution in [-0.4, -0.2) is 39.2 Å². The number of anilines is 1. The van der Waals surface area contributed by atoms with Crippen LogP contribution in [0.15, 0.2) is 18.2 Å². The predicted octanol–water partition coefficient (Wildman–Crippen LogP) is 0.907. The number of halogens is 1. The normalized spacial score (nSPS) is 9.52. The molecule has 116 valence electrons. The van der Waals surface area contributed by atoms with Crippen LogP contribution in [0.1, 0.15) is 21.8 Å². The van der Waals surface area contributed by atoms with E-state index in [4.69, 9.17) is 5.73 Å². The van der Waals surface area contributed by atoms with E-state index in [1.165, 1.54) is 25.3 Å². The van der Waals surface area contributed by atoms with Gasteiger partial charge in [-0.3, -0.25) is 9.59 Å². The van der Waals surface area contributed by atoms with Crippen molar-refractivity contribution in [2.24, 2.45) is 0 Å². The Kier molecular flexibility index (Phi) is 7.23. The number of nitrogen functional groups attached to an aromatic ring is 1. The second-order valence-corrected chi connectivity index (χ2v) is 3.81. The smallest absolute Gasteiger partial charge is 0.337 e. The molecule has 0 amide bonds. The molecule has 1 aromatic carbocycles. The summed E-state index contributed by atoms with van der Waals surface area (Å²) in [6.07, 6.45) is 0. The second kappa shape index (κ2) is 8.11. The Morgan fingerprint density at radius 3 is 1.90 bits per heavy atom. The van der Waals surface area contributed by atoms with Gasteiger partial charge in [-0.05, 0) is 12.1 Å². The SMILES string of the molecule is COC(=O)c1ccc(C(C(=O)OC)C(=O)OC)c(N)c1.Cl. The third-order valence-electron chi connectivity index (χ3n) is 2.69. The molecule has 0 atom stereocenters. The maximum atomic E-state index is 11.7. The standard InChI is InChI=1S/C13H15NO6.ClH/c1-18-11(15)7-4-5-8(9(14)6-7)10(12(16)19-2)13(17)20-3;/h4-6,10H,14H2,1-3H3;1H. The monoisotopic (exact) mass is 317 g/mol.